The molecule has 2 aromatic carbocycles. The van der Waals surface area contributed by atoms with E-state index in [1.54, 1.807) is 38.1 Å². The molecule has 0 atom stereocenters. The van der Waals surface area contributed by atoms with Crippen LogP contribution in [0.1, 0.15) is 64.0 Å². The predicted molar refractivity (Wildman–Crippen MR) is 160 cm³/mol. The standard InChI is InChI=1S/C33H35N3O6/c1-4-7-16-36-21-26(25-20-24(13-14-27(25)36)42-29(38)6-3)31-32(39)30(33(31)40)22-9-11-23(12-10-22)35(17-8-15-34)18-19-41-28(37)5-2/h9-14,20-21H,4-8,16-19H2,1-3H3/p+1. The molecule has 0 amide bonds. The third kappa shape index (κ3) is 6.44. The SMILES string of the molecule is CCCC[N+]1=CC(=C2C(=O)C(c3ccc(N(CCC#N)CCOC(=O)CC)cc3)=C2O)c2cc(OC(=O)CC)ccc21. The average Bonchev–Trinajstić information content (AvgIpc) is 3.34. The van der Waals surface area contributed by atoms with Gasteiger partial charge in [-0.25, -0.2) is 0 Å². The number of allylic oxidation sites excluding steroid dienone is 3. The van der Waals surface area contributed by atoms with Crippen LogP contribution in [0.5, 0.6) is 5.75 Å². The number of aliphatic hydroxyl groups excluding tert-OH is 1. The summed E-state index contributed by atoms with van der Waals surface area (Å²) >= 11 is 0. The van der Waals surface area contributed by atoms with Gasteiger partial charge in [0.15, 0.2) is 6.21 Å². The van der Waals surface area contributed by atoms with Gasteiger partial charge in [-0.2, -0.15) is 9.84 Å². The molecule has 218 valence electrons. The number of esters is 2. The molecule has 4 rings (SSSR count). The molecule has 1 heterocycles. The molecule has 0 radical (unpaired) electrons. The second-order valence-electron chi connectivity index (χ2n) is 10.0. The molecule has 0 saturated carbocycles. The molecule has 42 heavy (non-hydrogen) atoms. The lowest BCUT2D eigenvalue weighted by atomic mass is 9.80. The highest BCUT2D eigenvalue weighted by Gasteiger charge is 2.41. The van der Waals surface area contributed by atoms with Gasteiger partial charge in [-0.3, -0.25) is 14.4 Å². The smallest absolute Gasteiger partial charge is 0.310 e. The Balaban J connectivity index is 1.63. The number of benzene rings is 2. The van der Waals surface area contributed by atoms with E-state index >= 15 is 0 Å². The van der Waals surface area contributed by atoms with E-state index in [-0.39, 0.29) is 47.7 Å². The lowest BCUT2D eigenvalue weighted by Gasteiger charge is -2.25. The maximum Gasteiger partial charge on any atom is 0.310 e. The zero-order valence-corrected chi connectivity index (χ0v) is 24.3. The van der Waals surface area contributed by atoms with Crippen LogP contribution >= 0.6 is 0 Å². The summed E-state index contributed by atoms with van der Waals surface area (Å²) < 4.78 is 12.7. The topological polar surface area (TPSA) is 120 Å². The fourth-order valence-corrected chi connectivity index (χ4v) is 4.94. The second kappa shape index (κ2) is 13.8. The maximum atomic E-state index is 13.5. The third-order valence-electron chi connectivity index (χ3n) is 7.25. The van der Waals surface area contributed by atoms with E-state index in [9.17, 15) is 19.5 Å². The number of fused-ring (bicyclic) bond motifs is 1. The van der Waals surface area contributed by atoms with Crippen LogP contribution in [0, 0.1) is 11.3 Å². The van der Waals surface area contributed by atoms with Gasteiger partial charge in [-0.15, -0.1) is 0 Å². The van der Waals surface area contributed by atoms with Crippen LogP contribution in [-0.4, -0.2) is 59.9 Å². The van der Waals surface area contributed by atoms with E-state index in [0.717, 1.165) is 36.3 Å². The number of anilines is 1. The first-order valence-corrected chi connectivity index (χ1v) is 14.4. The number of ketones is 1. The summed E-state index contributed by atoms with van der Waals surface area (Å²) in [5.74, 6) is -0.587. The summed E-state index contributed by atoms with van der Waals surface area (Å²) in [5.41, 5.74) is 4.08. The molecule has 0 aromatic heterocycles. The van der Waals surface area contributed by atoms with Crippen molar-refractivity contribution < 1.29 is 33.5 Å². The van der Waals surface area contributed by atoms with Crippen molar-refractivity contribution in [2.45, 2.75) is 52.9 Å². The minimum atomic E-state index is -0.352. The third-order valence-corrected chi connectivity index (χ3v) is 7.25. The second-order valence-corrected chi connectivity index (χ2v) is 10.0. The maximum absolute atomic E-state index is 13.5. The Morgan fingerprint density at radius 1 is 1.00 bits per heavy atom. The molecule has 1 N–H and O–H groups in total. The molecule has 2 aliphatic rings. The van der Waals surface area contributed by atoms with Gasteiger partial charge in [0, 0.05) is 37.6 Å². The zero-order valence-electron chi connectivity index (χ0n) is 24.3. The fourth-order valence-electron chi connectivity index (χ4n) is 4.94. The number of hydrogen-bond acceptors (Lipinski definition) is 8. The van der Waals surface area contributed by atoms with Gasteiger partial charge >= 0.3 is 11.9 Å². The molecule has 0 bridgehead atoms. The normalized spacial score (nSPS) is 15.5. The molecular formula is C33H36N3O6+. The summed E-state index contributed by atoms with van der Waals surface area (Å²) in [6.07, 6.45) is 4.67. The number of ether oxygens (including phenoxy) is 2. The van der Waals surface area contributed by atoms with Crippen molar-refractivity contribution in [3.63, 3.8) is 0 Å². The van der Waals surface area contributed by atoms with Crippen LogP contribution < -0.4 is 9.64 Å². The minimum absolute atomic E-state index is 0.0777. The lowest BCUT2D eigenvalue weighted by Crippen LogP contribution is -2.29. The van der Waals surface area contributed by atoms with E-state index in [4.69, 9.17) is 14.7 Å². The summed E-state index contributed by atoms with van der Waals surface area (Å²) in [4.78, 5) is 38.8. The fraction of sp³-hybridized carbons (Fsp3) is 0.364. The van der Waals surface area contributed by atoms with E-state index in [2.05, 4.69) is 17.6 Å². The molecule has 9 heteroatoms. The number of nitrogens with zero attached hydrogens (tertiary/aromatic N) is 3. The van der Waals surface area contributed by atoms with Crippen molar-refractivity contribution in [3.8, 4) is 11.8 Å². The Morgan fingerprint density at radius 3 is 2.38 bits per heavy atom. The van der Waals surface area contributed by atoms with Gasteiger partial charge < -0.3 is 19.5 Å². The van der Waals surface area contributed by atoms with Crippen molar-refractivity contribution in [1.82, 2.24) is 0 Å². The molecule has 0 saturated heterocycles. The van der Waals surface area contributed by atoms with Gasteiger partial charge in [0.05, 0.1) is 41.3 Å². The first kappa shape index (κ1) is 30.3. The zero-order chi connectivity index (χ0) is 30.2. The van der Waals surface area contributed by atoms with Gasteiger partial charge in [0.25, 0.3) is 0 Å². The Bertz CT molecular complexity index is 1510. The predicted octanol–water partition coefficient (Wildman–Crippen LogP) is 5.51. The Kier molecular flexibility index (Phi) is 9.92. The Labute approximate surface area is 246 Å². The molecule has 9 nitrogen and oxygen atoms in total. The highest BCUT2D eigenvalue weighted by molar-refractivity contribution is 6.44. The van der Waals surface area contributed by atoms with Crippen LogP contribution in [0.15, 0.2) is 53.8 Å². The number of carbonyl (C=O) groups is 3. The minimum Gasteiger partial charge on any atom is -0.506 e. The first-order chi connectivity index (χ1) is 20.3. The van der Waals surface area contributed by atoms with Gasteiger partial charge in [-0.1, -0.05) is 39.3 Å². The van der Waals surface area contributed by atoms with Crippen LogP contribution in [0.2, 0.25) is 0 Å². The van der Waals surface area contributed by atoms with E-state index in [1.165, 1.54) is 0 Å². The molecular weight excluding hydrogens is 534 g/mol. The van der Waals surface area contributed by atoms with Crippen molar-refractivity contribution in [3.05, 3.63) is 64.9 Å². The van der Waals surface area contributed by atoms with E-state index in [0.29, 0.717) is 42.8 Å². The van der Waals surface area contributed by atoms with Crippen LogP contribution in [0.25, 0.3) is 11.1 Å². The number of hydrogen-bond donors (Lipinski definition) is 1. The molecule has 0 unspecified atom stereocenters. The molecule has 1 aliphatic carbocycles. The summed E-state index contributed by atoms with van der Waals surface area (Å²) in [5, 5.41) is 20.2. The van der Waals surface area contributed by atoms with Gasteiger partial charge in [-0.05, 0) is 29.8 Å². The Hall–Kier alpha value is -4.71. The summed E-state index contributed by atoms with van der Waals surface area (Å²) in [6.45, 7) is 7.40. The van der Waals surface area contributed by atoms with Crippen LogP contribution in [-0.2, 0) is 19.1 Å². The Morgan fingerprint density at radius 2 is 1.74 bits per heavy atom. The van der Waals surface area contributed by atoms with Crippen LogP contribution in [0.3, 0.4) is 0 Å². The van der Waals surface area contributed by atoms with Crippen molar-refractivity contribution >= 4 is 46.5 Å². The molecule has 1 aliphatic heterocycles. The first-order valence-electron chi connectivity index (χ1n) is 14.4. The van der Waals surface area contributed by atoms with Crippen molar-refractivity contribution in [2.75, 3.05) is 31.1 Å². The van der Waals surface area contributed by atoms with Crippen LogP contribution in [0.4, 0.5) is 11.4 Å². The number of Topliss-reactive ketones (excluding diaryl/α,β-unsaturated/α-hetero) is 1. The highest BCUT2D eigenvalue weighted by atomic mass is 16.5. The van der Waals surface area contributed by atoms with Crippen molar-refractivity contribution in [2.24, 2.45) is 0 Å². The molecule has 2 aromatic rings. The molecule has 0 fully saturated rings. The highest BCUT2D eigenvalue weighted by Crippen LogP contribution is 2.44. The quantitative estimate of drug-likeness (QED) is 0.145. The largest absolute Gasteiger partial charge is 0.506 e. The van der Waals surface area contributed by atoms with E-state index < -0.39 is 0 Å². The number of aliphatic hydroxyl groups is 1. The lowest BCUT2D eigenvalue weighted by molar-refractivity contribution is -0.432. The number of carbonyl (C=O) groups excluding carboxylic acids is 3. The molecule has 0 spiro atoms. The van der Waals surface area contributed by atoms with E-state index in [1.807, 2.05) is 29.3 Å². The number of unbranched alkanes of at least 4 members (excludes halogenated alkanes) is 1. The van der Waals surface area contributed by atoms with Crippen molar-refractivity contribution in [1.29, 1.82) is 5.26 Å². The number of nitriles is 1. The summed E-state index contributed by atoms with van der Waals surface area (Å²) in [6, 6.07) is 14.7. The number of rotatable bonds is 13. The van der Waals surface area contributed by atoms with Gasteiger partial charge in [0.1, 0.15) is 24.7 Å². The van der Waals surface area contributed by atoms with Gasteiger partial charge in [0.2, 0.25) is 11.5 Å². The monoisotopic (exact) mass is 570 g/mol. The summed E-state index contributed by atoms with van der Waals surface area (Å²) in [7, 11) is 0. The average molecular weight is 571 g/mol.